The summed E-state index contributed by atoms with van der Waals surface area (Å²) in [6, 6.07) is 16.7. The van der Waals surface area contributed by atoms with Crippen molar-refractivity contribution >= 4 is 16.6 Å². The van der Waals surface area contributed by atoms with E-state index in [0.29, 0.717) is 11.2 Å². The molecule has 4 rings (SSSR count). The van der Waals surface area contributed by atoms with Crippen molar-refractivity contribution in [2.75, 3.05) is 0 Å². The molecule has 0 aliphatic carbocycles. The lowest BCUT2D eigenvalue weighted by molar-refractivity contribution is -0.384. The molecular formula is C20H12N4O3. The fraction of sp³-hybridized carbons (Fsp3) is 0. The molecule has 0 amide bonds. The van der Waals surface area contributed by atoms with Gasteiger partial charge in [-0.3, -0.25) is 19.5 Å². The van der Waals surface area contributed by atoms with E-state index in [-0.39, 0.29) is 11.3 Å². The summed E-state index contributed by atoms with van der Waals surface area (Å²) in [6.45, 7) is 0. The molecule has 4 aromatic rings. The second kappa shape index (κ2) is 6.28. The summed E-state index contributed by atoms with van der Waals surface area (Å²) in [6.07, 6.45) is 3.65. The van der Waals surface area contributed by atoms with E-state index < -0.39 is 10.5 Å². The van der Waals surface area contributed by atoms with Crippen LogP contribution in [-0.4, -0.2) is 14.5 Å². The molecule has 7 heteroatoms. The third-order valence-corrected chi connectivity index (χ3v) is 4.38. The van der Waals surface area contributed by atoms with Crippen molar-refractivity contribution < 1.29 is 4.92 Å². The van der Waals surface area contributed by atoms with Gasteiger partial charge in [0.25, 0.3) is 11.2 Å². The predicted molar refractivity (Wildman–Crippen MR) is 101 cm³/mol. The van der Waals surface area contributed by atoms with Crippen LogP contribution in [0.4, 0.5) is 5.69 Å². The van der Waals surface area contributed by atoms with Crippen molar-refractivity contribution in [3.05, 3.63) is 93.0 Å². The Balaban J connectivity index is 2.02. The summed E-state index contributed by atoms with van der Waals surface area (Å²) < 4.78 is 1.41. The highest BCUT2D eigenvalue weighted by Crippen LogP contribution is 2.26. The third kappa shape index (κ3) is 2.75. The maximum Gasteiger partial charge on any atom is 0.273 e. The first-order chi connectivity index (χ1) is 13.1. The van der Waals surface area contributed by atoms with E-state index in [2.05, 4.69) is 4.98 Å². The van der Waals surface area contributed by atoms with E-state index in [1.807, 2.05) is 42.7 Å². The molecule has 2 aromatic heterocycles. The Hall–Kier alpha value is -4.18. The number of H-pyrrole nitrogens is 1. The molecule has 2 aromatic carbocycles. The number of hydrogen-bond donors (Lipinski definition) is 1. The predicted octanol–water partition coefficient (Wildman–Crippen LogP) is 3.77. The summed E-state index contributed by atoms with van der Waals surface area (Å²) in [7, 11) is 0. The summed E-state index contributed by atoms with van der Waals surface area (Å²) in [5, 5.41) is 20.9. The Labute approximate surface area is 152 Å². The molecule has 0 unspecified atom stereocenters. The van der Waals surface area contributed by atoms with E-state index >= 15 is 0 Å². The van der Waals surface area contributed by atoms with Crippen LogP contribution in [0.5, 0.6) is 0 Å². The number of fused-ring (bicyclic) bond motifs is 1. The van der Waals surface area contributed by atoms with Gasteiger partial charge in [0.2, 0.25) is 0 Å². The SMILES string of the molecule is N#Cc1cc2ccc(-c3cc[nH]c3)cc2n(-c2ccc([N+](=O)[O-])cc2)c1=O. The van der Waals surface area contributed by atoms with E-state index in [0.717, 1.165) is 16.5 Å². The van der Waals surface area contributed by atoms with Gasteiger partial charge in [0.15, 0.2) is 0 Å². The molecule has 7 nitrogen and oxygen atoms in total. The lowest BCUT2D eigenvalue weighted by Gasteiger charge is -2.12. The molecule has 130 valence electrons. The monoisotopic (exact) mass is 356 g/mol. The number of nitro groups is 1. The van der Waals surface area contributed by atoms with E-state index in [1.54, 1.807) is 6.07 Å². The highest BCUT2D eigenvalue weighted by atomic mass is 16.6. The summed E-state index contributed by atoms with van der Waals surface area (Å²) in [4.78, 5) is 26.2. The lowest BCUT2D eigenvalue weighted by Crippen LogP contribution is -2.21. The molecule has 1 N–H and O–H groups in total. The lowest BCUT2D eigenvalue weighted by atomic mass is 10.0. The van der Waals surface area contributed by atoms with Crippen molar-refractivity contribution in [3.8, 4) is 22.9 Å². The second-order valence-electron chi connectivity index (χ2n) is 5.96. The van der Waals surface area contributed by atoms with Gasteiger partial charge < -0.3 is 4.98 Å². The minimum absolute atomic E-state index is 0.00949. The minimum atomic E-state index is -0.500. The average Bonchev–Trinajstić information content (AvgIpc) is 3.22. The first-order valence-corrected chi connectivity index (χ1v) is 8.06. The topological polar surface area (TPSA) is 105 Å². The number of nitrogens with one attached hydrogen (secondary N) is 1. The van der Waals surface area contributed by atoms with E-state index in [1.165, 1.54) is 28.8 Å². The molecule has 0 saturated carbocycles. The van der Waals surface area contributed by atoms with Crippen LogP contribution in [-0.2, 0) is 0 Å². The Kier molecular flexibility index (Phi) is 3.79. The number of rotatable bonds is 3. The zero-order valence-corrected chi connectivity index (χ0v) is 13.9. The number of nitro benzene ring substituents is 1. The standard InChI is InChI=1S/C20H12N4O3/c21-11-16-9-14-2-1-13(15-7-8-22-12-15)10-19(14)23(20(16)25)17-3-5-18(6-4-17)24(26)27/h1-10,12,22H. The molecule has 0 spiro atoms. The molecule has 0 fully saturated rings. The van der Waals surface area contributed by atoms with Crippen molar-refractivity contribution in [1.29, 1.82) is 5.26 Å². The van der Waals surface area contributed by atoms with E-state index in [9.17, 15) is 20.2 Å². The molecule has 0 saturated heterocycles. The maximum atomic E-state index is 12.8. The molecule has 0 aliphatic heterocycles. The Morgan fingerprint density at radius 1 is 1.04 bits per heavy atom. The fourth-order valence-electron chi connectivity index (χ4n) is 3.05. The number of hydrogen-bond acceptors (Lipinski definition) is 4. The van der Waals surface area contributed by atoms with Crippen molar-refractivity contribution in [2.45, 2.75) is 0 Å². The van der Waals surface area contributed by atoms with Crippen LogP contribution in [0.15, 0.2) is 71.8 Å². The van der Waals surface area contributed by atoms with Crippen LogP contribution in [0.1, 0.15) is 5.56 Å². The zero-order chi connectivity index (χ0) is 19.0. The first kappa shape index (κ1) is 16.3. The van der Waals surface area contributed by atoms with Crippen LogP contribution in [0.25, 0.3) is 27.7 Å². The quantitative estimate of drug-likeness (QED) is 0.445. The Bertz CT molecular complexity index is 1260. The largest absolute Gasteiger partial charge is 0.367 e. The van der Waals surface area contributed by atoms with Gasteiger partial charge in [-0.25, -0.2) is 0 Å². The number of nitrogens with zero attached hydrogens (tertiary/aromatic N) is 3. The summed E-state index contributed by atoms with van der Waals surface area (Å²) >= 11 is 0. The molecule has 0 aliphatic rings. The smallest absolute Gasteiger partial charge is 0.273 e. The number of aromatic amines is 1. The van der Waals surface area contributed by atoms with Crippen molar-refractivity contribution in [2.24, 2.45) is 0 Å². The van der Waals surface area contributed by atoms with Gasteiger partial charge in [0.1, 0.15) is 11.6 Å². The highest BCUT2D eigenvalue weighted by Gasteiger charge is 2.13. The van der Waals surface area contributed by atoms with Crippen LogP contribution in [0.2, 0.25) is 0 Å². The van der Waals surface area contributed by atoms with Gasteiger partial charge in [0.05, 0.1) is 10.4 Å². The van der Waals surface area contributed by atoms with Crippen LogP contribution in [0.3, 0.4) is 0 Å². The van der Waals surface area contributed by atoms with Crippen LogP contribution >= 0.6 is 0 Å². The summed E-state index contributed by atoms with van der Waals surface area (Å²) in [5.41, 5.74) is 2.42. The minimum Gasteiger partial charge on any atom is -0.367 e. The first-order valence-electron chi connectivity index (χ1n) is 8.06. The Morgan fingerprint density at radius 3 is 2.44 bits per heavy atom. The maximum absolute atomic E-state index is 12.8. The molecular weight excluding hydrogens is 344 g/mol. The average molecular weight is 356 g/mol. The van der Waals surface area contributed by atoms with E-state index in [4.69, 9.17) is 0 Å². The molecule has 0 radical (unpaired) electrons. The number of aromatic nitrogens is 2. The van der Waals surface area contributed by atoms with Gasteiger partial charge in [-0.15, -0.1) is 0 Å². The molecule has 0 atom stereocenters. The molecule has 0 bridgehead atoms. The number of pyridine rings is 1. The van der Waals surface area contributed by atoms with Crippen LogP contribution < -0.4 is 5.56 Å². The van der Waals surface area contributed by atoms with Gasteiger partial charge in [-0.2, -0.15) is 5.26 Å². The third-order valence-electron chi connectivity index (χ3n) is 4.38. The molecule has 2 heterocycles. The van der Waals surface area contributed by atoms with Crippen molar-refractivity contribution in [1.82, 2.24) is 9.55 Å². The van der Waals surface area contributed by atoms with Gasteiger partial charge in [-0.05, 0) is 41.5 Å². The second-order valence-corrected chi connectivity index (χ2v) is 5.96. The van der Waals surface area contributed by atoms with Crippen LogP contribution in [0, 0.1) is 21.4 Å². The number of non-ortho nitro benzene ring substituents is 1. The summed E-state index contributed by atoms with van der Waals surface area (Å²) in [5.74, 6) is 0. The highest BCUT2D eigenvalue weighted by molar-refractivity contribution is 5.86. The van der Waals surface area contributed by atoms with Crippen molar-refractivity contribution in [3.63, 3.8) is 0 Å². The van der Waals surface area contributed by atoms with Gasteiger partial charge in [0, 0.05) is 35.6 Å². The van der Waals surface area contributed by atoms with Gasteiger partial charge in [-0.1, -0.05) is 12.1 Å². The fourth-order valence-corrected chi connectivity index (χ4v) is 3.05. The number of nitriles is 1. The Morgan fingerprint density at radius 2 is 1.81 bits per heavy atom. The molecule has 27 heavy (non-hydrogen) atoms. The number of benzene rings is 2. The van der Waals surface area contributed by atoms with Gasteiger partial charge >= 0.3 is 0 Å². The zero-order valence-electron chi connectivity index (χ0n) is 13.9. The normalized spacial score (nSPS) is 10.6.